The molecule has 2 rings (SSSR count). The van der Waals surface area contributed by atoms with Crippen molar-refractivity contribution >= 4 is 11.4 Å². The third-order valence-electron chi connectivity index (χ3n) is 3.56. The first-order valence-corrected chi connectivity index (χ1v) is 6.90. The van der Waals surface area contributed by atoms with Crippen molar-refractivity contribution in [2.24, 2.45) is 0 Å². The Morgan fingerprint density at radius 1 is 1.24 bits per heavy atom. The molecule has 1 aromatic carbocycles. The van der Waals surface area contributed by atoms with Gasteiger partial charge in [0.25, 0.3) is 0 Å². The second-order valence-corrected chi connectivity index (χ2v) is 4.92. The third kappa shape index (κ3) is 4.44. The summed E-state index contributed by atoms with van der Waals surface area (Å²) in [5, 5.41) is 0. The summed E-state index contributed by atoms with van der Waals surface area (Å²) in [6.07, 6.45) is 0. The van der Waals surface area contributed by atoms with Crippen LogP contribution in [0.4, 0.5) is 20.2 Å². The van der Waals surface area contributed by atoms with E-state index in [-0.39, 0.29) is 11.4 Å². The lowest BCUT2D eigenvalue weighted by atomic mass is 10.2. The molecule has 1 fully saturated rings. The van der Waals surface area contributed by atoms with E-state index in [0.29, 0.717) is 6.61 Å². The Labute approximate surface area is 123 Å². The van der Waals surface area contributed by atoms with Crippen LogP contribution in [0.3, 0.4) is 0 Å². The van der Waals surface area contributed by atoms with Gasteiger partial charge in [-0.3, -0.25) is 4.90 Å². The fourth-order valence-electron chi connectivity index (χ4n) is 2.37. The van der Waals surface area contributed by atoms with Crippen LogP contribution in [0.15, 0.2) is 18.2 Å². The number of ether oxygens (including phenoxy) is 2. The number of rotatable bonds is 6. The van der Waals surface area contributed by atoms with Crippen molar-refractivity contribution < 1.29 is 18.3 Å². The maximum atomic E-state index is 12.3. The van der Waals surface area contributed by atoms with Crippen LogP contribution in [0.1, 0.15) is 0 Å². The summed E-state index contributed by atoms with van der Waals surface area (Å²) in [5.74, 6) is 0.0318. The minimum atomic E-state index is -2.87. The van der Waals surface area contributed by atoms with Gasteiger partial charge >= 0.3 is 6.61 Å². The maximum absolute atomic E-state index is 12.3. The van der Waals surface area contributed by atoms with Crippen LogP contribution < -0.4 is 15.4 Å². The van der Waals surface area contributed by atoms with Gasteiger partial charge in [-0.1, -0.05) is 0 Å². The smallest absolute Gasteiger partial charge is 0.387 e. The van der Waals surface area contributed by atoms with Gasteiger partial charge in [-0.05, 0) is 12.1 Å². The molecule has 0 atom stereocenters. The van der Waals surface area contributed by atoms with E-state index in [1.165, 1.54) is 0 Å². The molecular formula is C14H21F2N3O2. The molecule has 1 aromatic rings. The van der Waals surface area contributed by atoms with Gasteiger partial charge in [0.15, 0.2) is 5.75 Å². The van der Waals surface area contributed by atoms with Gasteiger partial charge in [0.05, 0.1) is 12.3 Å². The van der Waals surface area contributed by atoms with Crippen LogP contribution in [0.2, 0.25) is 0 Å². The number of nitrogen functional groups attached to an aromatic ring is 1. The Kier molecular flexibility index (Phi) is 5.58. The number of alkyl halides is 2. The lowest BCUT2D eigenvalue weighted by molar-refractivity contribution is -0.0493. The fraction of sp³-hybridized carbons (Fsp3) is 0.571. The second-order valence-electron chi connectivity index (χ2n) is 4.92. The van der Waals surface area contributed by atoms with Crippen molar-refractivity contribution in [1.82, 2.24) is 4.90 Å². The summed E-state index contributed by atoms with van der Waals surface area (Å²) in [4.78, 5) is 4.45. The van der Waals surface area contributed by atoms with E-state index in [2.05, 4.69) is 14.5 Å². The number of nitrogens with zero attached hydrogens (tertiary/aromatic N) is 2. The van der Waals surface area contributed by atoms with Gasteiger partial charge in [0.2, 0.25) is 0 Å². The normalized spacial score (nSPS) is 16.5. The summed E-state index contributed by atoms with van der Waals surface area (Å²) in [6.45, 7) is 2.26. The minimum absolute atomic E-state index is 0.0318. The summed E-state index contributed by atoms with van der Waals surface area (Å²) in [7, 11) is 1.69. The van der Waals surface area contributed by atoms with Crippen molar-refractivity contribution in [2.45, 2.75) is 6.61 Å². The van der Waals surface area contributed by atoms with E-state index >= 15 is 0 Å². The number of hydrogen-bond donors (Lipinski definition) is 1. The molecule has 0 spiro atoms. The summed E-state index contributed by atoms with van der Waals surface area (Å²) in [5.41, 5.74) is 6.72. The largest absolute Gasteiger partial charge is 0.433 e. The van der Waals surface area contributed by atoms with Gasteiger partial charge in [-0.25, -0.2) is 0 Å². The fourth-order valence-corrected chi connectivity index (χ4v) is 2.37. The molecular weight excluding hydrogens is 280 g/mol. The number of hydrogen-bond acceptors (Lipinski definition) is 5. The molecule has 2 N–H and O–H groups in total. The Morgan fingerprint density at radius 3 is 2.57 bits per heavy atom. The number of piperazine rings is 1. The van der Waals surface area contributed by atoms with Crippen molar-refractivity contribution in [2.75, 3.05) is 57.1 Å². The van der Waals surface area contributed by atoms with E-state index in [9.17, 15) is 8.78 Å². The van der Waals surface area contributed by atoms with Gasteiger partial charge in [-0.15, -0.1) is 0 Å². The first-order chi connectivity index (χ1) is 10.1. The molecule has 0 bridgehead atoms. The second kappa shape index (κ2) is 7.42. The molecule has 1 heterocycles. The zero-order chi connectivity index (χ0) is 15.2. The molecule has 0 aromatic heterocycles. The highest BCUT2D eigenvalue weighted by atomic mass is 19.3. The van der Waals surface area contributed by atoms with Crippen LogP contribution in [0.25, 0.3) is 0 Å². The predicted molar refractivity (Wildman–Crippen MR) is 78.0 cm³/mol. The number of benzene rings is 1. The van der Waals surface area contributed by atoms with Crippen LogP contribution >= 0.6 is 0 Å². The zero-order valence-electron chi connectivity index (χ0n) is 12.1. The number of methoxy groups -OCH3 is 1. The number of halogens is 2. The topological polar surface area (TPSA) is 51.0 Å². The Balaban J connectivity index is 1.96. The van der Waals surface area contributed by atoms with Crippen LogP contribution in [-0.2, 0) is 4.74 Å². The van der Waals surface area contributed by atoms with E-state index in [4.69, 9.17) is 10.5 Å². The monoisotopic (exact) mass is 301 g/mol. The highest BCUT2D eigenvalue weighted by Crippen LogP contribution is 2.29. The molecule has 0 amide bonds. The maximum Gasteiger partial charge on any atom is 0.387 e. The highest BCUT2D eigenvalue weighted by molar-refractivity contribution is 5.62. The quantitative estimate of drug-likeness (QED) is 0.810. The minimum Gasteiger partial charge on any atom is -0.433 e. The van der Waals surface area contributed by atoms with Crippen molar-refractivity contribution in [3.63, 3.8) is 0 Å². The molecule has 1 saturated heterocycles. The van der Waals surface area contributed by atoms with Gasteiger partial charge in [0.1, 0.15) is 0 Å². The van der Waals surface area contributed by atoms with Crippen LogP contribution in [0, 0.1) is 0 Å². The van der Waals surface area contributed by atoms with Crippen molar-refractivity contribution in [1.29, 1.82) is 0 Å². The lowest BCUT2D eigenvalue weighted by Gasteiger charge is -2.36. The van der Waals surface area contributed by atoms with Crippen LogP contribution in [-0.4, -0.2) is 58.0 Å². The Morgan fingerprint density at radius 2 is 1.95 bits per heavy atom. The van der Waals surface area contributed by atoms with Gasteiger partial charge in [-0.2, -0.15) is 8.78 Å². The Bertz CT molecular complexity index is 452. The van der Waals surface area contributed by atoms with E-state index in [1.807, 2.05) is 6.07 Å². The summed E-state index contributed by atoms with van der Waals surface area (Å²) < 4.78 is 34.2. The molecule has 0 radical (unpaired) electrons. The summed E-state index contributed by atoms with van der Waals surface area (Å²) >= 11 is 0. The molecule has 1 aliphatic rings. The van der Waals surface area contributed by atoms with E-state index in [1.54, 1.807) is 19.2 Å². The first kappa shape index (κ1) is 15.8. The third-order valence-corrected chi connectivity index (χ3v) is 3.56. The van der Waals surface area contributed by atoms with Crippen molar-refractivity contribution in [3.05, 3.63) is 18.2 Å². The number of nitrogens with two attached hydrogens (primary N) is 1. The molecule has 0 saturated carbocycles. The molecule has 1 aliphatic heterocycles. The first-order valence-electron chi connectivity index (χ1n) is 6.90. The molecule has 0 aliphatic carbocycles. The molecule has 0 unspecified atom stereocenters. The van der Waals surface area contributed by atoms with E-state index in [0.717, 1.165) is 38.4 Å². The molecule has 7 heteroatoms. The van der Waals surface area contributed by atoms with Gasteiger partial charge < -0.3 is 20.1 Å². The average Bonchev–Trinajstić information content (AvgIpc) is 2.47. The SMILES string of the molecule is COCCN1CCN(c2ccc(N)c(OC(F)F)c2)CC1. The van der Waals surface area contributed by atoms with E-state index < -0.39 is 6.61 Å². The average molecular weight is 301 g/mol. The van der Waals surface area contributed by atoms with Crippen molar-refractivity contribution in [3.8, 4) is 5.75 Å². The zero-order valence-corrected chi connectivity index (χ0v) is 12.1. The van der Waals surface area contributed by atoms with Crippen LogP contribution in [0.5, 0.6) is 5.75 Å². The molecule has 5 nitrogen and oxygen atoms in total. The lowest BCUT2D eigenvalue weighted by Crippen LogP contribution is -2.47. The summed E-state index contributed by atoms with van der Waals surface area (Å²) in [6, 6.07) is 5.01. The standard InChI is InChI=1S/C14H21F2N3O2/c1-20-9-8-18-4-6-19(7-5-18)11-2-3-12(17)13(10-11)21-14(15)16/h2-3,10,14H,4-9,17H2,1H3. The number of anilines is 2. The predicted octanol–water partition coefficient (Wildman–Crippen LogP) is 1.64. The molecule has 21 heavy (non-hydrogen) atoms. The van der Waals surface area contributed by atoms with Gasteiger partial charge in [0, 0.05) is 51.6 Å². The Hall–Kier alpha value is -1.60. The highest BCUT2D eigenvalue weighted by Gasteiger charge is 2.18. The molecule has 118 valence electrons.